The van der Waals surface area contributed by atoms with Crippen molar-refractivity contribution in [1.82, 2.24) is 24.5 Å². The lowest BCUT2D eigenvalue weighted by Crippen LogP contribution is -2.32. The van der Waals surface area contributed by atoms with Crippen LogP contribution in [0.2, 0.25) is 0 Å². The van der Waals surface area contributed by atoms with E-state index in [4.69, 9.17) is 0 Å². The Labute approximate surface area is 213 Å². The SMILES string of the molecule is CCCn1c(=O)c2ccc(C(=O)NC(C)CC)cc2n2c(SCC(=O)Nc3ccccc3C)nnc12. The fraction of sp³-hybridized carbons (Fsp3) is 0.346. The summed E-state index contributed by atoms with van der Waals surface area (Å²) < 4.78 is 3.35. The highest BCUT2D eigenvalue weighted by molar-refractivity contribution is 7.99. The number of nitrogens with zero attached hydrogens (tertiary/aromatic N) is 4. The molecule has 2 aromatic heterocycles. The van der Waals surface area contributed by atoms with Gasteiger partial charge in [-0.15, -0.1) is 10.2 Å². The number of thioether (sulfide) groups is 1. The molecule has 0 radical (unpaired) electrons. The number of benzene rings is 2. The van der Waals surface area contributed by atoms with E-state index in [9.17, 15) is 14.4 Å². The summed E-state index contributed by atoms with van der Waals surface area (Å²) in [6, 6.07) is 12.6. The number of nitrogens with one attached hydrogen (secondary N) is 2. The van der Waals surface area contributed by atoms with E-state index in [1.807, 2.05) is 52.0 Å². The van der Waals surface area contributed by atoms with Crippen molar-refractivity contribution in [1.29, 1.82) is 0 Å². The van der Waals surface area contributed by atoms with E-state index in [1.54, 1.807) is 27.2 Å². The zero-order valence-electron chi connectivity index (χ0n) is 20.9. The number of carbonyl (C=O) groups is 2. The van der Waals surface area contributed by atoms with Gasteiger partial charge in [0.1, 0.15) is 0 Å². The number of aryl methyl sites for hydroxylation is 2. The Bertz CT molecular complexity index is 1490. The highest BCUT2D eigenvalue weighted by atomic mass is 32.2. The van der Waals surface area contributed by atoms with Crippen LogP contribution in [-0.4, -0.2) is 42.8 Å². The Balaban J connectivity index is 1.73. The van der Waals surface area contributed by atoms with Gasteiger partial charge in [-0.1, -0.05) is 43.8 Å². The monoisotopic (exact) mass is 506 g/mol. The largest absolute Gasteiger partial charge is 0.350 e. The van der Waals surface area contributed by atoms with Crippen molar-refractivity contribution < 1.29 is 9.59 Å². The van der Waals surface area contributed by atoms with Crippen molar-refractivity contribution in [3.05, 3.63) is 63.9 Å². The molecule has 10 heteroatoms. The van der Waals surface area contributed by atoms with E-state index in [0.717, 1.165) is 24.1 Å². The van der Waals surface area contributed by atoms with Crippen molar-refractivity contribution >= 4 is 45.9 Å². The lowest BCUT2D eigenvalue weighted by molar-refractivity contribution is -0.113. The molecule has 2 heterocycles. The summed E-state index contributed by atoms with van der Waals surface area (Å²) in [5.41, 5.74) is 2.52. The summed E-state index contributed by atoms with van der Waals surface area (Å²) in [5, 5.41) is 15.4. The van der Waals surface area contributed by atoms with Crippen LogP contribution < -0.4 is 16.2 Å². The second-order valence-corrected chi connectivity index (χ2v) is 9.68. The third kappa shape index (κ3) is 5.13. The third-order valence-electron chi connectivity index (χ3n) is 6.02. The number of hydrogen-bond donors (Lipinski definition) is 2. The topological polar surface area (TPSA) is 110 Å². The number of para-hydroxylation sites is 1. The normalized spacial score (nSPS) is 12.1. The molecule has 36 heavy (non-hydrogen) atoms. The molecule has 9 nitrogen and oxygen atoms in total. The van der Waals surface area contributed by atoms with Gasteiger partial charge in [-0.05, 0) is 56.5 Å². The Morgan fingerprint density at radius 3 is 2.61 bits per heavy atom. The van der Waals surface area contributed by atoms with E-state index in [-0.39, 0.29) is 29.2 Å². The van der Waals surface area contributed by atoms with Crippen LogP contribution >= 0.6 is 11.8 Å². The summed E-state index contributed by atoms with van der Waals surface area (Å²) in [5.74, 6) is 0.107. The molecular weight excluding hydrogens is 476 g/mol. The van der Waals surface area contributed by atoms with Crippen LogP contribution in [-0.2, 0) is 11.3 Å². The lowest BCUT2D eigenvalue weighted by atomic mass is 10.1. The molecule has 1 unspecified atom stereocenters. The van der Waals surface area contributed by atoms with E-state index in [0.29, 0.717) is 33.9 Å². The molecule has 0 fully saturated rings. The maximum atomic E-state index is 13.3. The minimum Gasteiger partial charge on any atom is -0.350 e. The molecule has 188 valence electrons. The van der Waals surface area contributed by atoms with E-state index in [1.165, 1.54) is 11.8 Å². The Morgan fingerprint density at radius 2 is 1.89 bits per heavy atom. The highest BCUT2D eigenvalue weighted by Gasteiger charge is 2.19. The fourth-order valence-corrected chi connectivity index (χ4v) is 4.62. The van der Waals surface area contributed by atoms with E-state index in [2.05, 4.69) is 20.8 Å². The van der Waals surface area contributed by atoms with Crippen LogP contribution in [0.4, 0.5) is 5.69 Å². The number of aromatic nitrogens is 4. The zero-order valence-corrected chi connectivity index (χ0v) is 21.7. The van der Waals surface area contributed by atoms with Gasteiger partial charge >= 0.3 is 0 Å². The summed E-state index contributed by atoms with van der Waals surface area (Å²) in [6.07, 6.45) is 1.55. The van der Waals surface area contributed by atoms with Gasteiger partial charge in [0.25, 0.3) is 11.5 Å². The minimum atomic E-state index is -0.211. The zero-order chi connectivity index (χ0) is 25.8. The molecule has 0 aliphatic rings. The predicted octanol–water partition coefficient (Wildman–Crippen LogP) is 4.02. The second kappa shape index (κ2) is 10.9. The molecule has 2 aromatic carbocycles. The van der Waals surface area contributed by atoms with Gasteiger partial charge < -0.3 is 10.6 Å². The number of carbonyl (C=O) groups excluding carboxylic acids is 2. The second-order valence-electron chi connectivity index (χ2n) is 8.74. The maximum absolute atomic E-state index is 13.3. The van der Waals surface area contributed by atoms with Gasteiger partial charge in [-0.2, -0.15) is 0 Å². The third-order valence-corrected chi connectivity index (χ3v) is 6.95. The molecule has 0 bridgehead atoms. The quantitative estimate of drug-likeness (QED) is 0.332. The minimum absolute atomic E-state index is 0.0264. The first kappa shape index (κ1) is 25.4. The average Bonchev–Trinajstić information content (AvgIpc) is 3.30. The summed E-state index contributed by atoms with van der Waals surface area (Å²) in [7, 11) is 0. The molecule has 4 aromatic rings. The van der Waals surface area contributed by atoms with E-state index >= 15 is 0 Å². The molecule has 0 aliphatic heterocycles. The van der Waals surface area contributed by atoms with Crippen LogP contribution in [0.25, 0.3) is 16.7 Å². The molecule has 0 saturated heterocycles. The average molecular weight is 507 g/mol. The van der Waals surface area contributed by atoms with Crippen molar-refractivity contribution in [3.63, 3.8) is 0 Å². The molecule has 0 aliphatic carbocycles. The number of hydrogen-bond acceptors (Lipinski definition) is 6. The first-order valence-corrected chi connectivity index (χ1v) is 13.0. The summed E-state index contributed by atoms with van der Waals surface area (Å²) >= 11 is 1.23. The number of amides is 2. The first-order valence-electron chi connectivity index (χ1n) is 12.0. The van der Waals surface area contributed by atoms with Gasteiger partial charge in [0, 0.05) is 23.8 Å². The Hall–Kier alpha value is -3.66. The van der Waals surface area contributed by atoms with Crippen LogP contribution in [0, 0.1) is 6.92 Å². The molecule has 0 saturated carbocycles. The van der Waals surface area contributed by atoms with Gasteiger partial charge in [-0.3, -0.25) is 23.4 Å². The predicted molar refractivity (Wildman–Crippen MR) is 143 cm³/mol. The van der Waals surface area contributed by atoms with Gasteiger partial charge in [-0.25, -0.2) is 0 Å². The Kier molecular flexibility index (Phi) is 7.73. The fourth-order valence-electron chi connectivity index (χ4n) is 3.88. The first-order chi connectivity index (χ1) is 17.3. The number of rotatable bonds is 9. The van der Waals surface area contributed by atoms with Crippen LogP contribution in [0.15, 0.2) is 52.4 Å². The van der Waals surface area contributed by atoms with Crippen molar-refractivity contribution in [2.75, 3.05) is 11.1 Å². The lowest BCUT2D eigenvalue weighted by Gasteiger charge is -2.14. The van der Waals surface area contributed by atoms with Gasteiger partial charge in [0.05, 0.1) is 16.7 Å². The van der Waals surface area contributed by atoms with Crippen molar-refractivity contribution in [2.24, 2.45) is 0 Å². The summed E-state index contributed by atoms with van der Waals surface area (Å²) in [4.78, 5) is 38.7. The van der Waals surface area contributed by atoms with Gasteiger partial charge in [0.15, 0.2) is 5.16 Å². The van der Waals surface area contributed by atoms with Crippen molar-refractivity contribution in [3.8, 4) is 0 Å². The van der Waals surface area contributed by atoms with Crippen LogP contribution in [0.3, 0.4) is 0 Å². The molecule has 1 atom stereocenters. The molecular formula is C26H30N6O3S. The number of anilines is 1. The Morgan fingerprint density at radius 1 is 1.11 bits per heavy atom. The summed E-state index contributed by atoms with van der Waals surface area (Å²) in [6.45, 7) is 8.34. The van der Waals surface area contributed by atoms with Crippen LogP contribution in [0.5, 0.6) is 0 Å². The maximum Gasteiger partial charge on any atom is 0.262 e. The molecule has 2 amide bonds. The highest BCUT2D eigenvalue weighted by Crippen LogP contribution is 2.23. The molecule has 4 rings (SSSR count). The van der Waals surface area contributed by atoms with Gasteiger partial charge in [0.2, 0.25) is 11.7 Å². The van der Waals surface area contributed by atoms with E-state index < -0.39 is 0 Å². The molecule has 2 N–H and O–H groups in total. The number of fused-ring (bicyclic) bond motifs is 3. The standard InChI is InChI=1S/C26H30N6O3S/c1-5-13-31-24(35)19-12-11-18(23(34)27-17(4)6-2)14-21(19)32-25(31)29-30-26(32)36-15-22(33)28-20-10-8-7-9-16(20)3/h7-12,14,17H,5-6,13,15H2,1-4H3,(H,27,34)(H,28,33). The smallest absolute Gasteiger partial charge is 0.262 e. The molecule has 0 spiro atoms. The van der Waals surface area contributed by atoms with Crippen LogP contribution in [0.1, 0.15) is 49.5 Å². The van der Waals surface area contributed by atoms with Crippen molar-refractivity contribution in [2.45, 2.75) is 58.3 Å².